The van der Waals surface area contributed by atoms with E-state index in [4.69, 9.17) is 5.26 Å². The minimum absolute atomic E-state index is 0.740. The van der Waals surface area contributed by atoms with Gasteiger partial charge in [0, 0.05) is 0 Å². The minimum Gasteiger partial charge on any atom is -0.465 e. The standard InChI is InChI=1S/C11H6F5NO4/c1-19-9(18)6-3-2-5(4-17)7(21-11(14,15)16)8(6)20-10(12)13/h2-3,10H,1H3. The zero-order valence-corrected chi connectivity index (χ0v) is 10.2. The molecule has 0 unspecified atom stereocenters. The maximum Gasteiger partial charge on any atom is 0.573 e. The van der Waals surface area contributed by atoms with Crippen LogP contribution in [0.3, 0.4) is 0 Å². The highest BCUT2D eigenvalue weighted by Crippen LogP contribution is 2.39. The van der Waals surface area contributed by atoms with Crippen LogP contribution in [0.1, 0.15) is 15.9 Å². The SMILES string of the molecule is COC(=O)c1ccc(C#N)c(OC(F)(F)F)c1OC(F)F. The third-order valence-corrected chi connectivity index (χ3v) is 2.06. The molecule has 0 saturated carbocycles. The minimum atomic E-state index is -5.28. The van der Waals surface area contributed by atoms with E-state index in [2.05, 4.69) is 14.2 Å². The Bertz CT molecular complexity index is 579. The maximum absolute atomic E-state index is 12.3. The topological polar surface area (TPSA) is 68.6 Å². The number of hydrogen-bond donors (Lipinski definition) is 0. The number of ether oxygens (including phenoxy) is 3. The molecule has 0 amide bonds. The van der Waals surface area contributed by atoms with Crippen LogP contribution in [0.4, 0.5) is 22.0 Å². The van der Waals surface area contributed by atoms with Crippen LogP contribution in [0.5, 0.6) is 11.5 Å². The van der Waals surface area contributed by atoms with E-state index in [1.165, 1.54) is 6.07 Å². The third-order valence-electron chi connectivity index (χ3n) is 2.06. The van der Waals surface area contributed by atoms with E-state index in [9.17, 15) is 26.7 Å². The Hall–Kier alpha value is -2.57. The van der Waals surface area contributed by atoms with Crippen molar-refractivity contribution in [2.24, 2.45) is 0 Å². The summed E-state index contributed by atoms with van der Waals surface area (Å²) < 4.78 is 73.2. The average molecular weight is 311 g/mol. The van der Waals surface area contributed by atoms with Crippen molar-refractivity contribution in [3.63, 3.8) is 0 Å². The van der Waals surface area contributed by atoms with Gasteiger partial charge in [0.1, 0.15) is 11.6 Å². The smallest absolute Gasteiger partial charge is 0.465 e. The van der Waals surface area contributed by atoms with Gasteiger partial charge < -0.3 is 14.2 Å². The lowest BCUT2D eigenvalue weighted by molar-refractivity contribution is -0.275. The van der Waals surface area contributed by atoms with Gasteiger partial charge in [-0.05, 0) is 12.1 Å². The fourth-order valence-electron chi connectivity index (χ4n) is 1.34. The second kappa shape index (κ2) is 6.25. The van der Waals surface area contributed by atoms with Crippen molar-refractivity contribution in [3.8, 4) is 17.6 Å². The van der Waals surface area contributed by atoms with Gasteiger partial charge >= 0.3 is 18.9 Å². The lowest BCUT2D eigenvalue weighted by Gasteiger charge is -2.17. The van der Waals surface area contributed by atoms with Gasteiger partial charge in [0.25, 0.3) is 0 Å². The van der Waals surface area contributed by atoms with Crippen LogP contribution < -0.4 is 9.47 Å². The first-order chi connectivity index (χ1) is 9.69. The van der Waals surface area contributed by atoms with E-state index in [1.807, 2.05) is 0 Å². The second-order valence-electron chi connectivity index (χ2n) is 3.35. The van der Waals surface area contributed by atoms with Crippen LogP contribution in [0.15, 0.2) is 12.1 Å². The van der Waals surface area contributed by atoms with Crippen molar-refractivity contribution in [1.29, 1.82) is 5.26 Å². The largest absolute Gasteiger partial charge is 0.573 e. The molecule has 1 aromatic carbocycles. The Balaban J connectivity index is 3.53. The lowest BCUT2D eigenvalue weighted by Crippen LogP contribution is -2.20. The molecule has 114 valence electrons. The molecule has 0 aromatic heterocycles. The van der Waals surface area contributed by atoms with E-state index in [0.717, 1.165) is 19.2 Å². The number of benzene rings is 1. The monoisotopic (exact) mass is 311 g/mol. The van der Waals surface area contributed by atoms with Gasteiger partial charge in [-0.3, -0.25) is 0 Å². The zero-order chi connectivity index (χ0) is 16.2. The van der Waals surface area contributed by atoms with Crippen molar-refractivity contribution in [3.05, 3.63) is 23.3 Å². The summed E-state index contributed by atoms with van der Waals surface area (Å²) in [6.45, 7) is -3.54. The first-order valence-electron chi connectivity index (χ1n) is 5.05. The Morgan fingerprint density at radius 3 is 2.33 bits per heavy atom. The Kier molecular flexibility index (Phi) is 4.91. The predicted molar refractivity (Wildman–Crippen MR) is 55.8 cm³/mol. The van der Waals surface area contributed by atoms with E-state index < -0.39 is 41.6 Å². The number of nitriles is 1. The molecular formula is C11H6F5NO4. The highest BCUT2D eigenvalue weighted by molar-refractivity contribution is 5.94. The molecule has 0 spiro atoms. The number of carbonyl (C=O) groups is 1. The molecule has 10 heteroatoms. The van der Waals surface area contributed by atoms with Crippen molar-refractivity contribution in [2.75, 3.05) is 7.11 Å². The number of halogens is 5. The fourth-order valence-corrected chi connectivity index (χ4v) is 1.34. The molecular weight excluding hydrogens is 305 g/mol. The van der Waals surface area contributed by atoms with E-state index in [1.54, 1.807) is 0 Å². The molecule has 0 bridgehead atoms. The Morgan fingerprint density at radius 2 is 1.90 bits per heavy atom. The maximum atomic E-state index is 12.3. The van der Waals surface area contributed by atoms with Gasteiger partial charge in [0.15, 0.2) is 11.5 Å². The average Bonchev–Trinajstić information content (AvgIpc) is 2.37. The lowest BCUT2D eigenvalue weighted by atomic mass is 10.1. The van der Waals surface area contributed by atoms with Gasteiger partial charge in [0.05, 0.1) is 12.7 Å². The van der Waals surface area contributed by atoms with Crippen molar-refractivity contribution in [2.45, 2.75) is 13.0 Å². The van der Waals surface area contributed by atoms with Gasteiger partial charge in [-0.15, -0.1) is 13.2 Å². The number of carbonyl (C=O) groups excluding carboxylic acids is 1. The molecule has 0 saturated heterocycles. The highest BCUT2D eigenvalue weighted by atomic mass is 19.4. The van der Waals surface area contributed by atoms with Crippen LogP contribution in [0, 0.1) is 11.3 Å². The fraction of sp³-hybridized carbons (Fsp3) is 0.273. The molecule has 0 fully saturated rings. The normalized spacial score (nSPS) is 11.0. The summed E-state index contributed by atoms with van der Waals surface area (Å²) in [5, 5.41) is 8.70. The number of esters is 1. The second-order valence-corrected chi connectivity index (χ2v) is 3.35. The van der Waals surface area contributed by atoms with Crippen molar-refractivity contribution < 1.29 is 41.0 Å². The van der Waals surface area contributed by atoms with Crippen molar-refractivity contribution >= 4 is 5.97 Å². The summed E-state index contributed by atoms with van der Waals surface area (Å²) in [7, 11) is 0.886. The number of hydrogen-bond acceptors (Lipinski definition) is 5. The number of rotatable bonds is 4. The molecule has 0 aliphatic rings. The molecule has 0 aliphatic carbocycles. The van der Waals surface area contributed by atoms with Gasteiger partial charge in [-0.1, -0.05) is 0 Å². The molecule has 1 aromatic rings. The predicted octanol–water partition coefficient (Wildman–Crippen LogP) is 2.84. The molecule has 21 heavy (non-hydrogen) atoms. The summed E-state index contributed by atoms with van der Waals surface area (Å²) in [5.74, 6) is -3.80. The molecule has 1 rings (SSSR count). The van der Waals surface area contributed by atoms with E-state index in [0.29, 0.717) is 0 Å². The summed E-state index contributed by atoms with van der Waals surface area (Å²) in [4.78, 5) is 11.4. The third kappa shape index (κ3) is 4.20. The number of methoxy groups -OCH3 is 1. The highest BCUT2D eigenvalue weighted by Gasteiger charge is 2.36. The van der Waals surface area contributed by atoms with Crippen LogP contribution in [-0.4, -0.2) is 26.1 Å². The number of alkyl halides is 5. The first kappa shape index (κ1) is 16.5. The molecule has 0 radical (unpaired) electrons. The Labute approximate surface area is 114 Å². The van der Waals surface area contributed by atoms with Crippen LogP contribution in [0.2, 0.25) is 0 Å². The molecule has 5 nitrogen and oxygen atoms in total. The van der Waals surface area contributed by atoms with Gasteiger partial charge in [0.2, 0.25) is 0 Å². The van der Waals surface area contributed by atoms with Crippen LogP contribution >= 0.6 is 0 Å². The van der Waals surface area contributed by atoms with E-state index in [-0.39, 0.29) is 0 Å². The van der Waals surface area contributed by atoms with E-state index >= 15 is 0 Å². The van der Waals surface area contributed by atoms with Crippen LogP contribution in [-0.2, 0) is 4.74 Å². The van der Waals surface area contributed by atoms with Crippen molar-refractivity contribution in [1.82, 2.24) is 0 Å². The molecule has 0 heterocycles. The van der Waals surface area contributed by atoms with Gasteiger partial charge in [-0.2, -0.15) is 14.0 Å². The van der Waals surface area contributed by atoms with Gasteiger partial charge in [-0.25, -0.2) is 4.79 Å². The summed E-state index contributed by atoms with van der Waals surface area (Å²) >= 11 is 0. The zero-order valence-electron chi connectivity index (χ0n) is 10.2. The van der Waals surface area contributed by atoms with Crippen LogP contribution in [0.25, 0.3) is 0 Å². The summed E-state index contributed by atoms with van der Waals surface area (Å²) in [6.07, 6.45) is -5.28. The summed E-state index contributed by atoms with van der Waals surface area (Å²) in [5.41, 5.74) is -1.48. The summed E-state index contributed by atoms with van der Waals surface area (Å²) in [6, 6.07) is 2.91. The molecule has 0 aliphatic heterocycles. The molecule has 0 N–H and O–H groups in total. The quantitative estimate of drug-likeness (QED) is 0.632. The molecule has 0 atom stereocenters. The first-order valence-corrected chi connectivity index (χ1v) is 5.05. The number of nitrogens with zero attached hydrogens (tertiary/aromatic N) is 1. The Morgan fingerprint density at radius 1 is 1.29 bits per heavy atom.